The molecule has 1 aromatic rings. The molecule has 1 aliphatic heterocycles. The Balaban J connectivity index is 2.42. The minimum atomic E-state index is -1.44. The summed E-state index contributed by atoms with van der Waals surface area (Å²) in [6, 6.07) is 0. The zero-order valence-electron chi connectivity index (χ0n) is 8.91. The fourth-order valence-electron chi connectivity index (χ4n) is 1.60. The van der Waals surface area contributed by atoms with E-state index in [0.717, 1.165) is 4.57 Å². The molecule has 3 atom stereocenters. The quantitative estimate of drug-likeness (QED) is 0.431. The summed E-state index contributed by atoms with van der Waals surface area (Å²) in [5.41, 5.74) is -1.34. The molecule has 4 N–H and O–H groups in total. The summed E-state index contributed by atoms with van der Waals surface area (Å²) >= 11 is 1.71. The van der Waals surface area contributed by atoms with Crippen LogP contribution in [0.15, 0.2) is 15.8 Å². The molecular weight excluding hydrogens is 359 g/mol. The topological polar surface area (TPSA) is 125 Å². The van der Waals surface area contributed by atoms with E-state index in [-0.39, 0.29) is 9.80 Å². The van der Waals surface area contributed by atoms with Gasteiger partial charge in [-0.15, -0.1) is 0 Å². The number of hydrogen-bond donors (Lipinski definition) is 4. The Kier molecular flexibility index (Phi) is 3.87. The highest BCUT2D eigenvalue weighted by Gasteiger charge is 2.45. The minimum absolute atomic E-state index is 0.220. The predicted octanol–water partition coefficient (Wildman–Crippen LogP) is -2.41. The van der Waals surface area contributed by atoms with Crippen LogP contribution in [0.2, 0.25) is 0 Å². The normalized spacial score (nSPS) is 28.8. The number of halogens is 1. The van der Waals surface area contributed by atoms with Crippen LogP contribution < -0.4 is 11.2 Å². The third-order valence-electron chi connectivity index (χ3n) is 2.55. The molecule has 0 spiro atoms. The van der Waals surface area contributed by atoms with E-state index in [4.69, 9.17) is 9.84 Å². The first-order chi connectivity index (χ1) is 8.45. The lowest BCUT2D eigenvalue weighted by Crippen LogP contribution is -2.39. The predicted molar refractivity (Wildman–Crippen MR) is 66.7 cm³/mol. The molecule has 1 aromatic heterocycles. The van der Waals surface area contributed by atoms with Crippen molar-refractivity contribution in [2.45, 2.75) is 18.3 Å². The molecule has 0 aromatic carbocycles. The fourth-order valence-corrected chi connectivity index (χ4v) is 2.01. The number of aliphatic hydroxyl groups excluding tert-OH is 3. The Morgan fingerprint density at radius 1 is 1.44 bits per heavy atom. The molecule has 1 saturated heterocycles. The van der Waals surface area contributed by atoms with Crippen LogP contribution in [0.5, 0.6) is 0 Å². The number of H-pyrrole nitrogens is 1. The SMILES string of the molecule is O=c1[nH]c(=O)n([C]2O[C@H](CO)[C@@H](O)[C@H]2O)cc1I. The van der Waals surface area contributed by atoms with E-state index >= 15 is 0 Å². The number of ether oxygens (including phenoxy) is 1. The lowest BCUT2D eigenvalue weighted by Gasteiger charge is -2.15. The maximum atomic E-state index is 11.6. The minimum Gasteiger partial charge on any atom is -0.394 e. The highest BCUT2D eigenvalue weighted by Crippen LogP contribution is 2.27. The Morgan fingerprint density at radius 3 is 2.67 bits per heavy atom. The lowest BCUT2D eigenvalue weighted by molar-refractivity contribution is -0.00687. The maximum Gasteiger partial charge on any atom is 0.330 e. The molecule has 0 aliphatic carbocycles. The Labute approximate surface area is 114 Å². The summed E-state index contributed by atoms with van der Waals surface area (Å²) < 4.78 is 6.22. The highest BCUT2D eigenvalue weighted by atomic mass is 127. The number of rotatable bonds is 2. The second-order valence-corrected chi connectivity index (χ2v) is 4.88. The summed E-state index contributed by atoms with van der Waals surface area (Å²) in [4.78, 5) is 24.8. The lowest BCUT2D eigenvalue weighted by atomic mass is 10.1. The number of hydrogen-bond acceptors (Lipinski definition) is 6. The third kappa shape index (κ3) is 2.23. The van der Waals surface area contributed by atoms with Crippen LogP contribution in [0.4, 0.5) is 0 Å². The number of aromatic nitrogens is 2. The van der Waals surface area contributed by atoms with Crippen molar-refractivity contribution >= 4 is 22.6 Å². The van der Waals surface area contributed by atoms with Gasteiger partial charge in [-0.2, -0.15) is 0 Å². The summed E-state index contributed by atoms with van der Waals surface area (Å²) in [5.74, 6) is 0. The first-order valence-corrected chi connectivity index (χ1v) is 6.06. The largest absolute Gasteiger partial charge is 0.394 e. The van der Waals surface area contributed by atoms with Crippen LogP contribution in [-0.2, 0) is 4.74 Å². The highest BCUT2D eigenvalue weighted by molar-refractivity contribution is 14.1. The standard InChI is InChI=1S/C9H10IN2O6/c10-3-1-12(9(17)11-7(3)16)8-6(15)5(14)4(2-13)18-8/h1,4-6,13-15H,2H2,(H,11,16,17)/t4-,5-,6-/m1/s1. The zero-order valence-corrected chi connectivity index (χ0v) is 11.1. The molecule has 2 heterocycles. The molecule has 1 fully saturated rings. The van der Waals surface area contributed by atoms with E-state index in [9.17, 15) is 19.8 Å². The van der Waals surface area contributed by atoms with Crippen molar-refractivity contribution in [1.82, 2.24) is 9.55 Å². The van der Waals surface area contributed by atoms with Crippen molar-refractivity contribution in [3.8, 4) is 0 Å². The zero-order chi connectivity index (χ0) is 13.4. The average Bonchev–Trinajstić information content (AvgIpc) is 2.61. The van der Waals surface area contributed by atoms with Crippen LogP contribution in [0.3, 0.4) is 0 Å². The van der Waals surface area contributed by atoms with Crippen molar-refractivity contribution in [3.05, 3.63) is 36.8 Å². The van der Waals surface area contributed by atoms with Gasteiger partial charge in [0.05, 0.1) is 10.2 Å². The second kappa shape index (κ2) is 5.09. The van der Waals surface area contributed by atoms with E-state index < -0.39 is 36.2 Å². The Morgan fingerprint density at radius 2 is 2.11 bits per heavy atom. The molecule has 1 aliphatic rings. The van der Waals surface area contributed by atoms with Crippen LogP contribution in [0.25, 0.3) is 0 Å². The second-order valence-electron chi connectivity index (χ2n) is 3.72. The molecule has 0 bridgehead atoms. The van der Waals surface area contributed by atoms with Gasteiger partial charge in [-0.1, -0.05) is 0 Å². The van der Waals surface area contributed by atoms with Crippen molar-refractivity contribution < 1.29 is 20.1 Å². The first-order valence-electron chi connectivity index (χ1n) is 4.98. The molecule has 2 rings (SSSR count). The van der Waals surface area contributed by atoms with Gasteiger partial charge in [0.25, 0.3) is 5.56 Å². The van der Waals surface area contributed by atoms with E-state index in [2.05, 4.69) is 0 Å². The molecule has 99 valence electrons. The van der Waals surface area contributed by atoms with Gasteiger partial charge in [0.2, 0.25) is 6.23 Å². The first kappa shape index (κ1) is 13.7. The maximum absolute atomic E-state index is 11.6. The van der Waals surface area contributed by atoms with Crippen molar-refractivity contribution in [2.24, 2.45) is 0 Å². The van der Waals surface area contributed by atoms with Crippen molar-refractivity contribution in [2.75, 3.05) is 6.61 Å². The molecule has 0 amide bonds. The third-order valence-corrected chi connectivity index (χ3v) is 3.31. The Bertz CT molecular complexity index is 555. The van der Waals surface area contributed by atoms with Gasteiger partial charge in [-0.25, -0.2) is 4.79 Å². The molecule has 18 heavy (non-hydrogen) atoms. The molecule has 9 heteroatoms. The van der Waals surface area contributed by atoms with Crippen LogP contribution in [0, 0.1) is 9.80 Å². The Hall–Kier alpha value is -0.750. The van der Waals surface area contributed by atoms with Crippen LogP contribution >= 0.6 is 22.6 Å². The van der Waals surface area contributed by atoms with E-state index in [1.807, 2.05) is 4.98 Å². The van der Waals surface area contributed by atoms with Crippen molar-refractivity contribution in [1.29, 1.82) is 0 Å². The van der Waals surface area contributed by atoms with Gasteiger partial charge < -0.3 is 20.1 Å². The monoisotopic (exact) mass is 369 g/mol. The molecule has 8 nitrogen and oxygen atoms in total. The molecule has 0 saturated carbocycles. The number of aliphatic hydroxyl groups is 3. The van der Waals surface area contributed by atoms with Crippen molar-refractivity contribution in [3.63, 3.8) is 0 Å². The van der Waals surface area contributed by atoms with Gasteiger partial charge in [-0.3, -0.25) is 14.3 Å². The summed E-state index contributed by atoms with van der Waals surface area (Å²) in [7, 11) is 0. The molecular formula is C9H10IN2O6. The van der Waals surface area contributed by atoms with Crippen LogP contribution in [-0.4, -0.2) is 49.8 Å². The van der Waals surface area contributed by atoms with Gasteiger partial charge in [0.15, 0.2) is 0 Å². The number of nitrogens with zero attached hydrogens (tertiary/aromatic N) is 1. The van der Waals surface area contributed by atoms with E-state index in [1.165, 1.54) is 6.20 Å². The smallest absolute Gasteiger partial charge is 0.330 e. The van der Waals surface area contributed by atoms with Gasteiger partial charge in [-0.05, 0) is 22.6 Å². The summed E-state index contributed by atoms with van der Waals surface area (Å²) in [6.45, 7) is -0.503. The fraction of sp³-hybridized carbons (Fsp3) is 0.444. The summed E-state index contributed by atoms with van der Waals surface area (Å²) in [5, 5.41) is 28.2. The van der Waals surface area contributed by atoms with Gasteiger partial charge in [0.1, 0.15) is 18.3 Å². The number of nitrogens with one attached hydrogen (secondary N) is 1. The summed E-state index contributed by atoms with van der Waals surface area (Å²) in [6.07, 6.45) is -2.82. The average molecular weight is 369 g/mol. The van der Waals surface area contributed by atoms with Gasteiger partial charge in [0, 0.05) is 6.20 Å². The molecule has 1 radical (unpaired) electrons. The van der Waals surface area contributed by atoms with E-state index in [0.29, 0.717) is 0 Å². The van der Waals surface area contributed by atoms with Gasteiger partial charge >= 0.3 is 5.69 Å². The number of aromatic amines is 1. The molecule has 0 unspecified atom stereocenters. The van der Waals surface area contributed by atoms with Crippen LogP contribution in [0.1, 0.15) is 0 Å². The van der Waals surface area contributed by atoms with E-state index in [1.54, 1.807) is 22.6 Å².